The van der Waals surface area contributed by atoms with Crippen molar-refractivity contribution >= 4 is 5.97 Å². The highest BCUT2D eigenvalue weighted by molar-refractivity contribution is 5.90. The molecule has 0 saturated heterocycles. The van der Waals surface area contributed by atoms with E-state index < -0.39 is 5.97 Å². The maximum atomic E-state index is 12.1. The molecule has 0 fully saturated rings. The average molecular weight is 277 g/mol. The van der Waals surface area contributed by atoms with E-state index >= 15 is 0 Å². The van der Waals surface area contributed by atoms with E-state index in [9.17, 15) is 14.7 Å². The molecule has 0 aromatic carbocycles. The first-order valence-corrected chi connectivity index (χ1v) is 6.03. The molecule has 0 aliphatic rings. The van der Waals surface area contributed by atoms with Crippen molar-refractivity contribution in [3.05, 3.63) is 34.4 Å². The SMILES string of the molecule is CCn1ncc(-c2cc(C(=O)OC)cn(C)c2=O)c1O. The number of hydrogen-bond donors (Lipinski definition) is 1. The van der Waals surface area contributed by atoms with E-state index in [4.69, 9.17) is 0 Å². The summed E-state index contributed by atoms with van der Waals surface area (Å²) in [5, 5.41) is 14.0. The number of methoxy groups -OCH3 is 1. The number of pyridine rings is 1. The van der Waals surface area contributed by atoms with E-state index in [-0.39, 0.29) is 22.6 Å². The molecule has 0 bridgehead atoms. The third kappa shape index (κ3) is 2.18. The zero-order valence-corrected chi connectivity index (χ0v) is 11.5. The maximum absolute atomic E-state index is 12.1. The Kier molecular flexibility index (Phi) is 3.60. The fourth-order valence-electron chi connectivity index (χ4n) is 1.93. The predicted molar refractivity (Wildman–Crippen MR) is 71.6 cm³/mol. The summed E-state index contributed by atoms with van der Waals surface area (Å²) in [6.45, 7) is 2.29. The molecule has 0 aliphatic carbocycles. The summed E-state index contributed by atoms with van der Waals surface area (Å²) in [7, 11) is 2.79. The van der Waals surface area contributed by atoms with Gasteiger partial charge in [-0.05, 0) is 13.0 Å². The lowest BCUT2D eigenvalue weighted by Crippen LogP contribution is -2.20. The van der Waals surface area contributed by atoms with Gasteiger partial charge in [-0.2, -0.15) is 5.10 Å². The summed E-state index contributed by atoms with van der Waals surface area (Å²) in [6.07, 6.45) is 2.79. The standard InChI is InChI=1S/C13H15N3O4/c1-4-16-12(18)10(6-14-16)9-5-8(13(19)20-3)7-15(2)11(9)17/h5-7,18H,4H2,1-3H3. The molecule has 2 heterocycles. The lowest BCUT2D eigenvalue weighted by atomic mass is 10.1. The van der Waals surface area contributed by atoms with E-state index in [1.165, 1.54) is 41.9 Å². The molecule has 0 radical (unpaired) electrons. The number of aromatic hydroxyl groups is 1. The van der Waals surface area contributed by atoms with Crippen LogP contribution in [-0.4, -0.2) is 32.5 Å². The number of aromatic nitrogens is 3. The van der Waals surface area contributed by atoms with E-state index in [1.807, 2.05) is 6.92 Å². The predicted octanol–water partition coefficient (Wildman–Crippen LogP) is 0.761. The van der Waals surface area contributed by atoms with Crippen LogP contribution in [0.4, 0.5) is 0 Å². The molecule has 0 unspecified atom stereocenters. The second kappa shape index (κ2) is 5.20. The molecule has 0 spiro atoms. The van der Waals surface area contributed by atoms with Crippen LogP contribution < -0.4 is 5.56 Å². The number of rotatable bonds is 3. The van der Waals surface area contributed by atoms with Gasteiger partial charge in [-0.15, -0.1) is 0 Å². The Bertz CT molecular complexity index is 715. The Hall–Kier alpha value is -2.57. The van der Waals surface area contributed by atoms with Crippen molar-refractivity contribution in [1.82, 2.24) is 14.3 Å². The Morgan fingerprint density at radius 3 is 2.70 bits per heavy atom. The molecule has 0 amide bonds. The van der Waals surface area contributed by atoms with Crippen molar-refractivity contribution in [1.29, 1.82) is 0 Å². The van der Waals surface area contributed by atoms with Gasteiger partial charge >= 0.3 is 5.97 Å². The summed E-state index contributed by atoms with van der Waals surface area (Å²) in [4.78, 5) is 23.7. The van der Waals surface area contributed by atoms with E-state index in [2.05, 4.69) is 9.84 Å². The zero-order chi connectivity index (χ0) is 14.9. The fourth-order valence-corrected chi connectivity index (χ4v) is 1.93. The monoisotopic (exact) mass is 277 g/mol. The van der Waals surface area contributed by atoms with E-state index in [0.29, 0.717) is 12.1 Å². The van der Waals surface area contributed by atoms with Gasteiger partial charge in [-0.1, -0.05) is 0 Å². The Balaban J connectivity index is 2.66. The van der Waals surface area contributed by atoms with Gasteiger partial charge in [-0.25, -0.2) is 9.48 Å². The fraction of sp³-hybridized carbons (Fsp3) is 0.308. The number of aryl methyl sites for hydroxylation is 2. The van der Waals surface area contributed by atoms with Crippen LogP contribution in [0.15, 0.2) is 23.3 Å². The minimum Gasteiger partial charge on any atom is -0.493 e. The molecular weight excluding hydrogens is 262 g/mol. The minimum atomic E-state index is -0.552. The summed E-state index contributed by atoms with van der Waals surface area (Å²) >= 11 is 0. The first-order valence-electron chi connectivity index (χ1n) is 6.03. The van der Waals surface area contributed by atoms with Crippen LogP contribution >= 0.6 is 0 Å². The molecule has 7 nitrogen and oxygen atoms in total. The van der Waals surface area contributed by atoms with Gasteiger partial charge in [0.25, 0.3) is 5.56 Å². The summed E-state index contributed by atoms with van der Waals surface area (Å²) < 4.78 is 7.27. The van der Waals surface area contributed by atoms with Crippen LogP contribution in [-0.2, 0) is 18.3 Å². The van der Waals surface area contributed by atoms with Crippen molar-refractivity contribution in [2.45, 2.75) is 13.5 Å². The van der Waals surface area contributed by atoms with E-state index in [1.54, 1.807) is 0 Å². The number of nitrogens with zero attached hydrogens (tertiary/aromatic N) is 3. The molecule has 20 heavy (non-hydrogen) atoms. The maximum Gasteiger partial charge on any atom is 0.339 e. The number of carbonyl (C=O) groups is 1. The average Bonchev–Trinajstić information content (AvgIpc) is 2.81. The van der Waals surface area contributed by atoms with Crippen molar-refractivity contribution in [2.75, 3.05) is 7.11 Å². The molecule has 2 aromatic rings. The highest BCUT2D eigenvalue weighted by atomic mass is 16.5. The van der Waals surface area contributed by atoms with Crippen LogP contribution in [0.25, 0.3) is 11.1 Å². The molecule has 0 atom stereocenters. The minimum absolute atomic E-state index is 0.105. The van der Waals surface area contributed by atoms with Gasteiger partial charge in [0.15, 0.2) is 0 Å². The Labute approximate surface area is 115 Å². The highest BCUT2D eigenvalue weighted by Gasteiger charge is 2.17. The Morgan fingerprint density at radius 1 is 1.45 bits per heavy atom. The third-order valence-corrected chi connectivity index (χ3v) is 3.01. The van der Waals surface area contributed by atoms with Gasteiger partial charge in [0.2, 0.25) is 5.88 Å². The van der Waals surface area contributed by atoms with Crippen LogP contribution in [0.5, 0.6) is 5.88 Å². The highest BCUT2D eigenvalue weighted by Crippen LogP contribution is 2.26. The van der Waals surface area contributed by atoms with Crippen LogP contribution in [0.1, 0.15) is 17.3 Å². The Morgan fingerprint density at radius 2 is 2.15 bits per heavy atom. The first-order chi connectivity index (χ1) is 9.49. The molecule has 1 N–H and O–H groups in total. The lowest BCUT2D eigenvalue weighted by Gasteiger charge is -2.06. The van der Waals surface area contributed by atoms with Gasteiger partial charge in [0.05, 0.1) is 30.0 Å². The van der Waals surface area contributed by atoms with Crippen molar-refractivity contribution < 1.29 is 14.6 Å². The molecular formula is C13H15N3O4. The largest absolute Gasteiger partial charge is 0.493 e. The number of esters is 1. The van der Waals surface area contributed by atoms with Gasteiger partial charge in [-0.3, -0.25) is 4.79 Å². The van der Waals surface area contributed by atoms with Crippen molar-refractivity contribution in [2.24, 2.45) is 7.05 Å². The number of carbonyl (C=O) groups excluding carboxylic acids is 1. The second-order valence-electron chi connectivity index (χ2n) is 4.25. The molecule has 106 valence electrons. The molecule has 0 aliphatic heterocycles. The normalized spacial score (nSPS) is 10.6. The van der Waals surface area contributed by atoms with Crippen LogP contribution in [0.3, 0.4) is 0 Å². The van der Waals surface area contributed by atoms with E-state index in [0.717, 1.165) is 0 Å². The lowest BCUT2D eigenvalue weighted by molar-refractivity contribution is 0.0599. The molecule has 0 saturated carbocycles. The summed E-state index contributed by atoms with van der Waals surface area (Å²) in [5.41, 5.74) is 0.391. The summed E-state index contributed by atoms with van der Waals surface area (Å²) in [5.74, 6) is -0.657. The van der Waals surface area contributed by atoms with Gasteiger partial charge in [0.1, 0.15) is 0 Å². The third-order valence-electron chi connectivity index (χ3n) is 3.01. The first kappa shape index (κ1) is 13.9. The van der Waals surface area contributed by atoms with Gasteiger partial charge < -0.3 is 14.4 Å². The molecule has 7 heteroatoms. The number of hydrogen-bond acceptors (Lipinski definition) is 5. The zero-order valence-electron chi connectivity index (χ0n) is 11.5. The van der Waals surface area contributed by atoms with Crippen LogP contribution in [0, 0.1) is 0 Å². The van der Waals surface area contributed by atoms with Gasteiger partial charge in [0, 0.05) is 19.8 Å². The topological polar surface area (TPSA) is 86.4 Å². The van der Waals surface area contributed by atoms with Crippen LogP contribution in [0.2, 0.25) is 0 Å². The molecule has 2 aromatic heterocycles. The molecule has 2 rings (SSSR count). The van der Waals surface area contributed by atoms with Crippen molar-refractivity contribution in [3.8, 4) is 17.0 Å². The quantitative estimate of drug-likeness (QED) is 0.837. The smallest absolute Gasteiger partial charge is 0.339 e. The number of ether oxygens (including phenoxy) is 1. The second-order valence-corrected chi connectivity index (χ2v) is 4.25. The summed E-state index contributed by atoms with van der Waals surface area (Å²) in [6, 6.07) is 1.39. The van der Waals surface area contributed by atoms with Crippen molar-refractivity contribution in [3.63, 3.8) is 0 Å².